The lowest BCUT2D eigenvalue weighted by Gasteiger charge is -2.22. The Hall–Kier alpha value is -1.51. The number of benzene rings is 1. The number of methoxy groups -OCH3 is 1. The number of nitrogens with two attached hydrogens (primary N) is 1. The number of carbonyl (C=O) groups excluding carboxylic acids is 1. The molecule has 0 aromatic heterocycles. The molecule has 0 aliphatic heterocycles. The SMILES string of the molecule is CCS(=O)(=O)Nc1ccc(NC(=O)C2(N)CCCC2)cc1OC.Cl. The summed E-state index contributed by atoms with van der Waals surface area (Å²) in [7, 11) is -1.96. The number of ether oxygens (including phenoxy) is 1. The third kappa shape index (κ3) is 4.75. The number of amides is 1. The van der Waals surface area contributed by atoms with Crippen LogP contribution >= 0.6 is 12.4 Å². The first-order valence-electron chi connectivity index (χ1n) is 7.58. The van der Waals surface area contributed by atoms with Crippen LogP contribution in [0.5, 0.6) is 5.75 Å². The maximum atomic E-state index is 12.3. The van der Waals surface area contributed by atoms with Gasteiger partial charge in [0.1, 0.15) is 5.75 Å². The number of sulfonamides is 1. The molecule has 1 aromatic rings. The van der Waals surface area contributed by atoms with Gasteiger partial charge in [0.2, 0.25) is 15.9 Å². The van der Waals surface area contributed by atoms with Crippen LogP contribution in [-0.4, -0.2) is 32.7 Å². The Labute approximate surface area is 148 Å². The van der Waals surface area contributed by atoms with Crippen LogP contribution in [0.1, 0.15) is 32.6 Å². The van der Waals surface area contributed by atoms with Crippen molar-refractivity contribution in [3.8, 4) is 5.75 Å². The first-order chi connectivity index (χ1) is 10.8. The first kappa shape index (κ1) is 20.5. The zero-order valence-electron chi connectivity index (χ0n) is 13.8. The third-order valence-electron chi connectivity index (χ3n) is 4.05. The minimum absolute atomic E-state index is 0. The number of anilines is 2. The van der Waals surface area contributed by atoms with E-state index in [1.54, 1.807) is 25.1 Å². The Morgan fingerprint density at radius 3 is 2.50 bits per heavy atom. The van der Waals surface area contributed by atoms with E-state index in [4.69, 9.17) is 10.5 Å². The predicted molar refractivity (Wildman–Crippen MR) is 97.3 cm³/mol. The first-order valence-corrected chi connectivity index (χ1v) is 9.24. The molecule has 2 rings (SSSR count). The normalized spacial score (nSPS) is 16.1. The average Bonchev–Trinajstić information content (AvgIpc) is 2.96. The van der Waals surface area contributed by atoms with Crippen LogP contribution in [0.3, 0.4) is 0 Å². The molecular formula is C15H24ClN3O4S. The van der Waals surface area contributed by atoms with Crippen molar-refractivity contribution in [3.63, 3.8) is 0 Å². The molecule has 1 amide bonds. The van der Waals surface area contributed by atoms with Gasteiger partial charge >= 0.3 is 0 Å². The van der Waals surface area contributed by atoms with Crippen molar-refractivity contribution >= 4 is 39.7 Å². The van der Waals surface area contributed by atoms with Crippen molar-refractivity contribution in [1.82, 2.24) is 0 Å². The number of rotatable bonds is 6. The molecule has 0 saturated heterocycles. The van der Waals surface area contributed by atoms with Crippen LogP contribution in [-0.2, 0) is 14.8 Å². The number of nitrogens with one attached hydrogen (secondary N) is 2. The Bertz CT molecular complexity index is 688. The third-order valence-corrected chi connectivity index (χ3v) is 5.34. The Morgan fingerprint density at radius 2 is 1.96 bits per heavy atom. The van der Waals surface area contributed by atoms with E-state index in [1.165, 1.54) is 7.11 Å². The maximum absolute atomic E-state index is 12.3. The molecular weight excluding hydrogens is 354 g/mol. The van der Waals surface area contributed by atoms with E-state index in [0.717, 1.165) is 12.8 Å². The quantitative estimate of drug-likeness (QED) is 0.703. The Kier molecular flexibility index (Phi) is 6.88. The highest BCUT2D eigenvalue weighted by Gasteiger charge is 2.37. The maximum Gasteiger partial charge on any atom is 0.244 e. The average molecular weight is 378 g/mol. The molecule has 1 aliphatic rings. The van der Waals surface area contributed by atoms with E-state index in [1.807, 2.05) is 0 Å². The lowest BCUT2D eigenvalue weighted by Crippen LogP contribution is -2.48. The molecule has 0 spiro atoms. The van der Waals surface area contributed by atoms with Gasteiger partial charge in [-0.05, 0) is 31.9 Å². The van der Waals surface area contributed by atoms with Gasteiger partial charge < -0.3 is 15.8 Å². The molecule has 1 fully saturated rings. The summed E-state index contributed by atoms with van der Waals surface area (Å²) in [4.78, 5) is 12.3. The van der Waals surface area contributed by atoms with Gasteiger partial charge in [-0.25, -0.2) is 8.42 Å². The van der Waals surface area contributed by atoms with Crippen LogP contribution in [0, 0.1) is 0 Å². The number of carbonyl (C=O) groups is 1. The van der Waals surface area contributed by atoms with Crippen molar-refractivity contribution in [2.75, 3.05) is 22.9 Å². The fourth-order valence-corrected chi connectivity index (χ4v) is 3.23. The topological polar surface area (TPSA) is 111 Å². The van der Waals surface area contributed by atoms with Gasteiger partial charge in [0, 0.05) is 11.8 Å². The van der Waals surface area contributed by atoms with Gasteiger partial charge in [0.15, 0.2) is 0 Å². The van der Waals surface area contributed by atoms with Gasteiger partial charge in [-0.15, -0.1) is 12.4 Å². The summed E-state index contributed by atoms with van der Waals surface area (Å²) in [5.41, 5.74) is 6.14. The summed E-state index contributed by atoms with van der Waals surface area (Å²) in [6, 6.07) is 4.75. The van der Waals surface area contributed by atoms with Crippen molar-refractivity contribution < 1.29 is 17.9 Å². The van der Waals surface area contributed by atoms with E-state index < -0.39 is 15.6 Å². The molecule has 1 aromatic carbocycles. The van der Waals surface area contributed by atoms with E-state index in [-0.39, 0.29) is 24.1 Å². The summed E-state index contributed by atoms with van der Waals surface area (Å²) in [5.74, 6) is 0.0703. The summed E-state index contributed by atoms with van der Waals surface area (Å²) < 4.78 is 31.0. The van der Waals surface area contributed by atoms with E-state index >= 15 is 0 Å². The molecule has 0 heterocycles. The smallest absolute Gasteiger partial charge is 0.244 e. The van der Waals surface area contributed by atoms with Crippen molar-refractivity contribution in [1.29, 1.82) is 0 Å². The minimum Gasteiger partial charge on any atom is -0.494 e. The lowest BCUT2D eigenvalue weighted by molar-refractivity contribution is -0.121. The highest BCUT2D eigenvalue weighted by molar-refractivity contribution is 7.92. The molecule has 1 saturated carbocycles. The zero-order chi connectivity index (χ0) is 17.1. The molecule has 7 nitrogen and oxygen atoms in total. The van der Waals surface area contributed by atoms with Crippen LogP contribution < -0.4 is 20.5 Å². The fraction of sp³-hybridized carbons (Fsp3) is 0.533. The van der Waals surface area contributed by atoms with Crippen LogP contribution in [0.25, 0.3) is 0 Å². The number of hydrogen-bond acceptors (Lipinski definition) is 5. The van der Waals surface area contributed by atoms with Crippen molar-refractivity contribution in [3.05, 3.63) is 18.2 Å². The summed E-state index contributed by atoms with van der Waals surface area (Å²) in [6.07, 6.45) is 3.24. The summed E-state index contributed by atoms with van der Waals surface area (Å²) >= 11 is 0. The second-order valence-corrected chi connectivity index (χ2v) is 7.75. The van der Waals surface area contributed by atoms with E-state index in [2.05, 4.69) is 10.0 Å². The van der Waals surface area contributed by atoms with Gasteiger partial charge in [0.05, 0.1) is 24.1 Å². The highest BCUT2D eigenvalue weighted by Crippen LogP contribution is 2.31. The molecule has 24 heavy (non-hydrogen) atoms. The molecule has 0 atom stereocenters. The minimum atomic E-state index is -3.40. The molecule has 9 heteroatoms. The van der Waals surface area contributed by atoms with Gasteiger partial charge in [-0.3, -0.25) is 9.52 Å². The van der Waals surface area contributed by atoms with Crippen LogP contribution in [0.15, 0.2) is 18.2 Å². The standard InChI is InChI=1S/C15H23N3O4S.ClH/c1-3-23(20,21)18-12-7-6-11(10-13(12)22-2)17-14(19)15(16)8-4-5-9-15;/h6-7,10,18H,3-5,8-9,16H2,1-2H3,(H,17,19);1H. The van der Waals surface area contributed by atoms with Gasteiger partial charge in [-0.1, -0.05) is 12.8 Å². The van der Waals surface area contributed by atoms with Crippen molar-refractivity contribution in [2.45, 2.75) is 38.1 Å². The molecule has 0 bridgehead atoms. The largest absolute Gasteiger partial charge is 0.494 e. The van der Waals surface area contributed by atoms with Gasteiger partial charge in [-0.2, -0.15) is 0 Å². The molecule has 136 valence electrons. The van der Waals surface area contributed by atoms with E-state index in [0.29, 0.717) is 30.0 Å². The molecule has 0 unspecified atom stereocenters. The molecule has 4 N–H and O–H groups in total. The fourth-order valence-electron chi connectivity index (χ4n) is 2.58. The lowest BCUT2D eigenvalue weighted by atomic mass is 9.98. The predicted octanol–water partition coefficient (Wildman–Crippen LogP) is 2.09. The van der Waals surface area contributed by atoms with Crippen LogP contribution in [0.2, 0.25) is 0 Å². The Balaban J connectivity index is 0.00000288. The zero-order valence-corrected chi connectivity index (χ0v) is 15.4. The van der Waals surface area contributed by atoms with Crippen molar-refractivity contribution in [2.24, 2.45) is 5.73 Å². The highest BCUT2D eigenvalue weighted by atomic mass is 35.5. The van der Waals surface area contributed by atoms with Crippen LogP contribution in [0.4, 0.5) is 11.4 Å². The second-order valence-electron chi connectivity index (χ2n) is 5.74. The molecule has 1 aliphatic carbocycles. The second kappa shape index (κ2) is 8.04. The number of hydrogen-bond donors (Lipinski definition) is 3. The summed E-state index contributed by atoms with van der Waals surface area (Å²) in [5, 5.41) is 2.78. The van der Waals surface area contributed by atoms with Gasteiger partial charge in [0.25, 0.3) is 0 Å². The van der Waals surface area contributed by atoms with E-state index in [9.17, 15) is 13.2 Å². The Morgan fingerprint density at radius 1 is 1.33 bits per heavy atom. The monoisotopic (exact) mass is 377 g/mol. The summed E-state index contributed by atoms with van der Waals surface area (Å²) in [6.45, 7) is 1.55. The number of halogens is 1. The molecule has 0 radical (unpaired) electrons.